The first-order valence-electron chi connectivity index (χ1n) is 19.7. The van der Waals surface area contributed by atoms with Gasteiger partial charge in [-0.15, -0.1) is 0 Å². The summed E-state index contributed by atoms with van der Waals surface area (Å²) >= 11 is 7.03. The molecule has 0 saturated carbocycles. The number of benzene rings is 3. The number of aromatic amines is 1. The topological polar surface area (TPSA) is 135 Å². The second-order valence-corrected chi connectivity index (χ2v) is 30.1. The number of halogens is 2. The number of carbonyl (C=O) groups is 2. The maximum Gasteiger partial charge on any atom is 0.188 e. The molecule has 1 N–H and O–H groups in total. The lowest BCUT2D eigenvalue weighted by molar-refractivity contribution is 0.0805. The molecule has 0 spiro atoms. The molecule has 0 atom stereocenters. The Bertz CT molecular complexity index is 2490. The summed E-state index contributed by atoms with van der Waals surface area (Å²) in [5.74, 6) is -0.0537. The Morgan fingerprint density at radius 3 is 1.69 bits per heavy atom. The lowest BCUT2D eigenvalue weighted by atomic mass is 10.1. The van der Waals surface area contributed by atoms with Crippen LogP contribution in [0.5, 0.6) is 0 Å². The summed E-state index contributed by atoms with van der Waals surface area (Å²) in [6.07, 6.45) is 7.61. The Balaban J connectivity index is 0.000000204. The maximum absolute atomic E-state index is 13.2. The molecule has 59 heavy (non-hydrogen) atoms. The first-order chi connectivity index (χ1) is 28.1. The molecule has 16 heteroatoms. The number of Topliss-reactive ketones (excluding diaryl/α,β-unsaturated/α-hetero) is 2. The van der Waals surface area contributed by atoms with E-state index in [9.17, 15) is 9.59 Å². The van der Waals surface area contributed by atoms with Crippen molar-refractivity contribution in [2.24, 2.45) is 0 Å². The number of ketones is 2. The van der Waals surface area contributed by atoms with Crippen LogP contribution in [0.1, 0.15) is 37.7 Å². The van der Waals surface area contributed by atoms with Gasteiger partial charge < -0.3 is 9.47 Å². The van der Waals surface area contributed by atoms with Crippen molar-refractivity contribution in [2.75, 3.05) is 13.2 Å². The summed E-state index contributed by atoms with van der Waals surface area (Å²) in [6, 6.07) is 24.0. The van der Waals surface area contributed by atoms with Crippen molar-refractivity contribution in [3.63, 3.8) is 0 Å². The number of ether oxygens (including phenoxy) is 2. The molecule has 310 valence electrons. The van der Waals surface area contributed by atoms with E-state index in [-0.39, 0.29) is 24.4 Å². The number of nitrogens with one attached hydrogen (secondary N) is 1. The van der Waals surface area contributed by atoms with Gasteiger partial charge in [-0.25, -0.2) is 9.36 Å². The Labute approximate surface area is 363 Å². The van der Waals surface area contributed by atoms with Crippen LogP contribution in [0.15, 0.2) is 100 Å². The van der Waals surface area contributed by atoms with Gasteiger partial charge in [0.1, 0.15) is 24.8 Å². The second kappa shape index (κ2) is 19.8. The normalized spacial score (nSPS) is 11.9. The zero-order chi connectivity index (χ0) is 42.2. The van der Waals surface area contributed by atoms with E-state index in [0.29, 0.717) is 44.6 Å². The lowest BCUT2D eigenvalue weighted by Gasteiger charge is -2.15. The number of hydrogen-bond acceptors (Lipinski definition) is 8. The highest BCUT2D eigenvalue weighted by atomic mass is 79.9. The molecule has 4 heterocycles. The third kappa shape index (κ3) is 12.8. The predicted molar refractivity (Wildman–Crippen MR) is 246 cm³/mol. The molecule has 0 aliphatic carbocycles. The highest BCUT2D eigenvalue weighted by Crippen LogP contribution is 2.26. The van der Waals surface area contributed by atoms with Gasteiger partial charge in [0, 0.05) is 74.3 Å². The van der Waals surface area contributed by atoms with E-state index in [0.717, 1.165) is 54.0 Å². The zero-order valence-electron chi connectivity index (χ0n) is 34.5. The number of rotatable bonds is 18. The average molecular weight is 961 g/mol. The van der Waals surface area contributed by atoms with Gasteiger partial charge in [0.2, 0.25) is 0 Å². The van der Waals surface area contributed by atoms with E-state index in [4.69, 9.17) is 9.47 Å². The molecule has 0 amide bonds. The Hall–Kier alpha value is -4.33. The third-order valence-corrected chi connectivity index (χ3v) is 13.9. The van der Waals surface area contributed by atoms with Gasteiger partial charge in [0.15, 0.2) is 11.6 Å². The molecular weight excluding hydrogens is 909 g/mol. The monoisotopic (exact) mass is 958 g/mol. The molecule has 0 unspecified atom stereocenters. The number of carbonyl (C=O) groups excluding carboxylic acids is 2. The highest BCUT2D eigenvalue weighted by Gasteiger charge is 2.21. The van der Waals surface area contributed by atoms with E-state index in [1.54, 1.807) is 28.0 Å². The zero-order valence-corrected chi connectivity index (χ0v) is 39.7. The van der Waals surface area contributed by atoms with Crippen molar-refractivity contribution in [2.45, 2.75) is 84.2 Å². The fraction of sp³-hybridized carbons (Fsp3) is 0.349. The quantitative estimate of drug-likeness (QED) is 0.0511. The summed E-state index contributed by atoms with van der Waals surface area (Å²) in [4.78, 5) is 25.9. The van der Waals surface area contributed by atoms with Crippen LogP contribution in [-0.2, 0) is 42.3 Å². The summed E-state index contributed by atoms with van der Waals surface area (Å²) in [5, 5.41) is 21.9. The van der Waals surface area contributed by atoms with Gasteiger partial charge in [-0.2, -0.15) is 20.4 Å². The largest absolute Gasteiger partial charge is 0.360 e. The standard InChI is InChI=1S/C25H29BrN4O2Si.C18H23BrN4O2Si/c1-33(2,3)12-11-32-18-30-23-14-21(26)9-10-22(23)25(28-30)24(31)13-20-15-27-29(17-20)16-19-7-5-4-6-8-19;1-26(2,3)7-6-25-12-23-16-9-14(19)4-5-15(16)18(22-23)17(24)8-13-10-20-21-11-13/h4-10,14-15,17H,11-13,16,18H2,1-3H3;4-5,9-11H,6-8,12H2,1-3H3,(H,20,21). The Kier molecular flexibility index (Phi) is 14.9. The molecule has 7 aromatic rings. The number of aromatic nitrogens is 8. The molecule has 0 aliphatic heterocycles. The molecule has 0 fully saturated rings. The van der Waals surface area contributed by atoms with Crippen molar-refractivity contribution in [3.05, 3.63) is 129 Å². The van der Waals surface area contributed by atoms with E-state index >= 15 is 0 Å². The minimum atomic E-state index is -1.16. The van der Waals surface area contributed by atoms with Gasteiger partial charge >= 0.3 is 0 Å². The van der Waals surface area contributed by atoms with Crippen LogP contribution in [0.2, 0.25) is 51.4 Å². The minimum absolute atomic E-state index is 0.0255. The van der Waals surface area contributed by atoms with Crippen LogP contribution in [0, 0.1) is 0 Å². The van der Waals surface area contributed by atoms with Crippen molar-refractivity contribution in [1.82, 2.24) is 39.5 Å². The van der Waals surface area contributed by atoms with Gasteiger partial charge in [0.05, 0.1) is 30.0 Å². The summed E-state index contributed by atoms with van der Waals surface area (Å²) in [5.41, 5.74) is 5.62. The highest BCUT2D eigenvalue weighted by molar-refractivity contribution is 9.10. The molecule has 0 radical (unpaired) electrons. The van der Waals surface area contributed by atoms with Crippen LogP contribution in [-0.4, -0.2) is 80.5 Å². The molecule has 3 aromatic carbocycles. The van der Waals surface area contributed by atoms with Crippen molar-refractivity contribution >= 4 is 81.4 Å². The molecule has 0 bridgehead atoms. The summed E-state index contributed by atoms with van der Waals surface area (Å²) in [7, 11) is -2.29. The van der Waals surface area contributed by atoms with Crippen molar-refractivity contribution in [3.8, 4) is 0 Å². The van der Waals surface area contributed by atoms with E-state index in [1.807, 2.05) is 65.5 Å². The van der Waals surface area contributed by atoms with E-state index < -0.39 is 16.1 Å². The van der Waals surface area contributed by atoms with Gasteiger partial charge in [-0.1, -0.05) is 101 Å². The van der Waals surface area contributed by atoms with Crippen LogP contribution < -0.4 is 0 Å². The first-order valence-corrected chi connectivity index (χ1v) is 28.7. The maximum atomic E-state index is 13.2. The van der Waals surface area contributed by atoms with Crippen LogP contribution in [0.4, 0.5) is 0 Å². The van der Waals surface area contributed by atoms with Crippen LogP contribution in [0.25, 0.3) is 21.8 Å². The molecule has 0 saturated heterocycles. The lowest BCUT2D eigenvalue weighted by Crippen LogP contribution is -2.22. The van der Waals surface area contributed by atoms with Gasteiger partial charge in [-0.3, -0.25) is 19.4 Å². The molecule has 7 rings (SSSR count). The number of nitrogens with zero attached hydrogens (tertiary/aromatic N) is 7. The fourth-order valence-electron chi connectivity index (χ4n) is 6.23. The smallest absolute Gasteiger partial charge is 0.188 e. The molecule has 0 aliphatic rings. The van der Waals surface area contributed by atoms with E-state index in [1.165, 1.54) is 5.56 Å². The minimum Gasteiger partial charge on any atom is -0.360 e. The molecule has 12 nitrogen and oxygen atoms in total. The van der Waals surface area contributed by atoms with Gasteiger partial charge in [-0.05, 0) is 65.2 Å². The number of hydrogen-bond donors (Lipinski definition) is 1. The second-order valence-electron chi connectivity index (χ2n) is 17.1. The van der Waals surface area contributed by atoms with Crippen LogP contribution in [0.3, 0.4) is 0 Å². The molecule has 4 aromatic heterocycles. The number of fused-ring (bicyclic) bond motifs is 2. The SMILES string of the molecule is C[Si](C)(C)CCOCn1nc(C(=O)Cc2cn[nH]c2)c2ccc(Br)cc21.C[Si](C)(C)CCOCn1nc(C(=O)Cc2cnn(Cc3ccccc3)c2)c2ccc(Br)cc21. The summed E-state index contributed by atoms with van der Waals surface area (Å²) < 4.78 is 19.1. The predicted octanol–water partition coefficient (Wildman–Crippen LogP) is 10.0. The Morgan fingerprint density at radius 2 is 1.20 bits per heavy atom. The van der Waals surface area contributed by atoms with Crippen LogP contribution >= 0.6 is 31.9 Å². The van der Waals surface area contributed by atoms with Crippen molar-refractivity contribution < 1.29 is 19.1 Å². The van der Waals surface area contributed by atoms with Crippen molar-refractivity contribution in [1.29, 1.82) is 0 Å². The summed E-state index contributed by atoms with van der Waals surface area (Å²) in [6.45, 7) is 16.7. The average Bonchev–Trinajstić information content (AvgIpc) is 3.99. The number of H-pyrrole nitrogens is 1. The fourth-order valence-corrected chi connectivity index (χ4v) is 8.44. The van der Waals surface area contributed by atoms with E-state index in [2.05, 4.69) is 109 Å². The molecular formula is C43H52Br2N8O4Si2. The Morgan fingerprint density at radius 1 is 0.678 bits per heavy atom. The first kappa shape index (κ1) is 44.2. The third-order valence-electron chi connectivity index (χ3n) is 9.53. The van der Waals surface area contributed by atoms with Gasteiger partial charge in [0.25, 0.3) is 0 Å².